The van der Waals surface area contributed by atoms with Crippen LogP contribution in [0.2, 0.25) is 0 Å². The van der Waals surface area contributed by atoms with Crippen molar-refractivity contribution in [2.75, 3.05) is 18.1 Å². The number of allylic oxidation sites excluding steroid dienone is 1. The number of hydrogen-bond donors (Lipinski definition) is 0. The molecule has 2 aromatic carbocycles. The number of nitrogens with zero attached hydrogens (tertiary/aromatic N) is 1. The van der Waals surface area contributed by atoms with E-state index in [0.29, 0.717) is 22.9 Å². The number of esters is 2. The molecule has 2 heterocycles. The third kappa shape index (κ3) is 4.59. The Morgan fingerprint density at radius 1 is 1.03 bits per heavy atom. The predicted molar refractivity (Wildman–Crippen MR) is 128 cm³/mol. The number of carbonyl (C=O) groups excluding carboxylic acids is 2. The van der Waals surface area contributed by atoms with Crippen LogP contribution in [0.3, 0.4) is 0 Å². The largest absolute Gasteiger partial charge is 0.459 e. The number of carbonyl (C=O) groups is 2. The fourth-order valence-corrected chi connectivity index (χ4v) is 6.12. The molecule has 2 aliphatic rings. The number of ether oxygens (including phenoxy) is 2. The highest BCUT2D eigenvalue weighted by Gasteiger charge is 2.32. The van der Waals surface area contributed by atoms with Gasteiger partial charge in [-0.05, 0) is 48.1 Å². The van der Waals surface area contributed by atoms with Gasteiger partial charge in [0, 0.05) is 5.39 Å². The second kappa shape index (κ2) is 9.02. The van der Waals surface area contributed by atoms with E-state index in [4.69, 9.17) is 14.5 Å². The first-order chi connectivity index (χ1) is 16.4. The fraction of sp³-hybridized carbons (Fsp3) is 0.269. The van der Waals surface area contributed by atoms with Gasteiger partial charge in [0.2, 0.25) is 0 Å². The van der Waals surface area contributed by atoms with Crippen LogP contribution < -0.4 is 0 Å². The first kappa shape index (κ1) is 22.3. The third-order valence-electron chi connectivity index (χ3n) is 6.10. The highest BCUT2D eigenvalue weighted by molar-refractivity contribution is 7.91. The minimum atomic E-state index is -3.17. The molecule has 1 unspecified atom stereocenters. The van der Waals surface area contributed by atoms with Gasteiger partial charge in [0.05, 0.1) is 28.3 Å². The van der Waals surface area contributed by atoms with E-state index in [1.807, 2.05) is 54.6 Å². The Bertz CT molecular complexity index is 1410. The first-order valence-electron chi connectivity index (χ1n) is 11.1. The van der Waals surface area contributed by atoms with Crippen LogP contribution in [-0.2, 0) is 30.5 Å². The molecule has 5 rings (SSSR count). The molecule has 7 nitrogen and oxygen atoms in total. The first-order valence-corrected chi connectivity index (χ1v) is 13.0. The van der Waals surface area contributed by atoms with Crippen LogP contribution in [0.4, 0.5) is 0 Å². The smallest absolute Gasteiger partial charge is 0.344 e. The van der Waals surface area contributed by atoms with Crippen LogP contribution in [0.5, 0.6) is 0 Å². The summed E-state index contributed by atoms with van der Waals surface area (Å²) in [4.78, 5) is 30.2. The number of hydrogen-bond acceptors (Lipinski definition) is 7. The van der Waals surface area contributed by atoms with Crippen LogP contribution >= 0.6 is 0 Å². The minimum absolute atomic E-state index is 0.00128. The van der Waals surface area contributed by atoms with Gasteiger partial charge in [-0.25, -0.2) is 23.0 Å². The summed E-state index contributed by atoms with van der Waals surface area (Å²) in [7, 11) is -3.17. The Labute approximate surface area is 197 Å². The zero-order valence-electron chi connectivity index (χ0n) is 18.4. The lowest BCUT2D eigenvalue weighted by Crippen LogP contribution is -2.24. The van der Waals surface area contributed by atoms with Crippen LogP contribution in [0.15, 0.2) is 54.6 Å². The van der Waals surface area contributed by atoms with Crippen molar-refractivity contribution >= 4 is 44.3 Å². The number of rotatable bonds is 5. The van der Waals surface area contributed by atoms with E-state index >= 15 is 0 Å². The molecule has 1 aliphatic heterocycles. The average Bonchev–Trinajstić information content (AvgIpc) is 3.38. The molecule has 8 heteroatoms. The molecular formula is C26H23NO6S. The van der Waals surface area contributed by atoms with E-state index in [1.165, 1.54) is 0 Å². The lowest BCUT2D eigenvalue weighted by Gasteiger charge is -2.13. The zero-order valence-corrected chi connectivity index (χ0v) is 19.2. The quantitative estimate of drug-likeness (QED) is 0.518. The van der Waals surface area contributed by atoms with Crippen molar-refractivity contribution in [3.63, 3.8) is 0 Å². The van der Waals surface area contributed by atoms with Crippen molar-refractivity contribution in [2.45, 2.75) is 25.4 Å². The summed E-state index contributed by atoms with van der Waals surface area (Å²) in [5.74, 6) is -1.56. The summed E-state index contributed by atoms with van der Waals surface area (Å²) >= 11 is 0. The van der Waals surface area contributed by atoms with Crippen LogP contribution in [0.25, 0.3) is 22.6 Å². The SMILES string of the molecule is O=C(COC(=O)c1c2c(nc3ccccc13)/C(=C\c1ccccc1)CC2)OC1CCS(=O)(=O)C1. The average molecular weight is 478 g/mol. The maximum Gasteiger partial charge on any atom is 0.344 e. The summed E-state index contributed by atoms with van der Waals surface area (Å²) in [5, 5.41) is 0.669. The van der Waals surface area contributed by atoms with Gasteiger partial charge in [0.15, 0.2) is 16.4 Å². The summed E-state index contributed by atoms with van der Waals surface area (Å²) in [6.07, 6.45) is 3.04. The van der Waals surface area contributed by atoms with Crippen molar-refractivity contribution < 1.29 is 27.5 Å². The van der Waals surface area contributed by atoms with Crippen LogP contribution in [0.1, 0.15) is 40.0 Å². The molecule has 1 saturated heterocycles. The Balaban J connectivity index is 1.40. The molecule has 174 valence electrons. The number of aromatic nitrogens is 1. The molecule has 0 amide bonds. The Morgan fingerprint density at radius 3 is 2.56 bits per heavy atom. The molecule has 34 heavy (non-hydrogen) atoms. The molecular weight excluding hydrogens is 454 g/mol. The number of benzene rings is 2. The summed E-state index contributed by atoms with van der Waals surface area (Å²) in [6.45, 7) is -0.576. The van der Waals surface area contributed by atoms with Crippen molar-refractivity contribution in [1.29, 1.82) is 0 Å². The van der Waals surface area contributed by atoms with E-state index in [2.05, 4.69) is 6.08 Å². The standard InChI is InChI=1S/C26H23NO6S/c28-23(33-19-12-13-34(30,31)16-19)15-32-26(29)24-20-8-4-5-9-22(20)27-25-18(10-11-21(24)25)14-17-6-2-1-3-7-17/h1-9,14,19H,10-13,15-16H2/b18-14-. The van der Waals surface area contributed by atoms with E-state index < -0.39 is 34.5 Å². The molecule has 1 atom stereocenters. The number of para-hydroxylation sites is 1. The highest BCUT2D eigenvalue weighted by atomic mass is 32.2. The van der Waals surface area contributed by atoms with E-state index in [0.717, 1.165) is 28.8 Å². The van der Waals surface area contributed by atoms with Crippen LogP contribution in [0, 0.1) is 0 Å². The van der Waals surface area contributed by atoms with Gasteiger partial charge in [-0.15, -0.1) is 0 Å². The Kier molecular flexibility index (Phi) is 5.91. The van der Waals surface area contributed by atoms with Gasteiger partial charge >= 0.3 is 11.9 Å². The van der Waals surface area contributed by atoms with Gasteiger partial charge in [-0.1, -0.05) is 48.5 Å². The highest BCUT2D eigenvalue weighted by Crippen LogP contribution is 2.37. The Hall–Kier alpha value is -3.52. The normalized spacial score (nSPS) is 19.8. The van der Waals surface area contributed by atoms with E-state index in [1.54, 1.807) is 0 Å². The van der Waals surface area contributed by atoms with Crippen molar-refractivity contribution in [1.82, 2.24) is 4.98 Å². The van der Waals surface area contributed by atoms with Gasteiger partial charge in [-0.3, -0.25) is 0 Å². The summed E-state index contributed by atoms with van der Waals surface area (Å²) in [5.41, 5.74) is 4.76. The monoisotopic (exact) mass is 477 g/mol. The van der Waals surface area contributed by atoms with Gasteiger partial charge in [-0.2, -0.15) is 0 Å². The van der Waals surface area contributed by atoms with Crippen molar-refractivity contribution in [3.8, 4) is 0 Å². The fourth-order valence-electron chi connectivity index (χ4n) is 4.53. The minimum Gasteiger partial charge on any atom is -0.459 e. The van der Waals surface area contributed by atoms with Gasteiger partial charge in [0.1, 0.15) is 6.10 Å². The molecule has 0 N–H and O–H groups in total. The lowest BCUT2D eigenvalue weighted by atomic mass is 10.0. The summed E-state index contributed by atoms with van der Waals surface area (Å²) in [6, 6.07) is 17.3. The molecule has 0 spiro atoms. The van der Waals surface area contributed by atoms with Gasteiger partial charge < -0.3 is 9.47 Å². The van der Waals surface area contributed by atoms with E-state index in [9.17, 15) is 18.0 Å². The lowest BCUT2D eigenvalue weighted by molar-refractivity contribution is -0.151. The molecule has 1 aromatic heterocycles. The second-order valence-corrected chi connectivity index (χ2v) is 10.7. The van der Waals surface area contributed by atoms with Crippen molar-refractivity contribution in [3.05, 3.63) is 77.0 Å². The molecule has 0 bridgehead atoms. The topological polar surface area (TPSA) is 99.6 Å². The number of fused-ring (bicyclic) bond motifs is 2. The second-order valence-electron chi connectivity index (χ2n) is 8.50. The zero-order chi connectivity index (χ0) is 23.7. The molecule has 0 saturated carbocycles. The number of sulfone groups is 1. The third-order valence-corrected chi connectivity index (χ3v) is 7.83. The maximum absolute atomic E-state index is 13.2. The summed E-state index contributed by atoms with van der Waals surface area (Å²) < 4.78 is 33.6. The van der Waals surface area contributed by atoms with Crippen LogP contribution in [-0.4, -0.2) is 49.6 Å². The van der Waals surface area contributed by atoms with Gasteiger partial charge in [0.25, 0.3) is 0 Å². The Morgan fingerprint density at radius 2 is 1.79 bits per heavy atom. The maximum atomic E-state index is 13.2. The molecule has 1 aliphatic carbocycles. The predicted octanol–water partition coefficient (Wildman–Crippen LogP) is 3.61. The molecule has 1 fully saturated rings. The molecule has 3 aromatic rings. The molecule has 0 radical (unpaired) electrons. The number of pyridine rings is 1. The van der Waals surface area contributed by atoms with Crippen molar-refractivity contribution in [2.24, 2.45) is 0 Å². The van der Waals surface area contributed by atoms with E-state index in [-0.39, 0.29) is 17.9 Å².